The van der Waals surface area contributed by atoms with E-state index in [1.165, 1.54) is 99.2 Å². The Morgan fingerprint density at radius 3 is 2.17 bits per heavy atom. The lowest BCUT2D eigenvalue weighted by molar-refractivity contribution is 0.606. The van der Waals surface area contributed by atoms with Crippen LogP contribution in [0.15, 0.2) is 200 Å². The molecule has 7 aromatic carbocycles. The second-order valence-corrected chi connectivity index (χ2v) is 19.6. The van der Waals surface area contributed by atoms with Gasteiger partial charge in [0.1, 0.15) is 0 Å². The first-order valence-electron chi connectivity index (χ1n) is 25.0. The van der Waals surface area contributed by atoms with E-state index in [4.69, 9.17) is 15.0 Å². The van der Waals surface area contributed by atoms with Gasteiger partial charge in [0, 0.05) is 73.0 Å². The number of aromatic nitrogens is 5. The highest BCUT2D eigenvalue weighted by Crippen LogP contribution is 2.50. The van der Waals surface area contributed by atoms with Gasteiger partial charge in [-0.25, -0.2) is 15.0 Å². The molecule has 0 aliphatic heterocycles. The van der Waals surface area contributed by atoms with Crippen LogP contribution in [0.2, 0.25) is 0 Å². The molecular weight excluding hydrogens is 851 g/mol. The second kappa shape index (κ2) is 15.6. The van der Waals surface area contributed by atoms with Crippen molar-refractivity contribution >= 4 is 83.2 Å². The molecule has 332 valence electrons. The van der Waals surface area contributed by atoms with Crippen LogP contribution < -0.4 is 0 Å². The highest BCUT2D eigenvalue weighted by atomic mass is 15.1. The van der Waals surface area contributed by atoms with Gasteiger partial charge in [-0.2, -0.15) is 0 Å². The van der Waals surface area contributed by atoms with Crippen LogP contribution in [0.4, 0.5) is 0 Å². The number of fused-ring (bicyclic) bond motifs is 12. The van der Waals surface area contributed by atoms with Gasteiger partial charge in [0.05, 0.1) is 22.2 Å². The molecule has 0 bridgehead atoms. The summed E-state index contributed by atoms with van der Waals surface area (Å²) in [6.45, 7) is 0. The van der Waals surface area contributed by atoms with Gasteiger partial charge >= 0.3 is 0 Å². The zero-order chi connectivity index (χ0) is 45.9. The van der Waals surface area contributed by atoms with E-state index in [2.05, 4.69) is 215 Å². The monoisotopic (exact) mass is 897 g/mol. The van der Waals surface area contributed by atoms with E-state index in [1.807, 2.05) is 0 Å². The molecule has 5 nitrogen and oxygen atoms in total. The van der Waals surface area contributed by atoms with Crippen LogP contribution in [0, 0.1) is 11.8 Å². The van der Waals surface area contributed by atoms with E-state index in [0.29, 0.717) is 5.82 Å². The molecular formula is C65H47N5. The molecule has 3 heterocycles. The van der Waals surface area contributed by atoms with Gasteiger partial charge in [0.25, 0.3) is 0 Å². The molecule has 3 aromatic heterocycles. The van der Waals surface area contributed by atoms with Crippen molar-refractivity contribution in [2.24, 2.45) is 11.8 Å². The van der Waals surface area contributed by atoms with E-state index < -0.39 is 0 Å². The maximum atomic E-state index is 5.53. The van der Waals surface area contributed by atoms with Crippen molar-refractivity contribution in [3.05, 3.63) is 234 Å². The number of hydrogen-bond acceptors (Lipinski definition) is 3. The van der Waals surface area contributed by atoms with Crippen LogP contribution in [-0.2, 0) is 6.42 Å². The van der Waals surface area contributed by atoms with Crippen molar-refractivity contribution in [3.63, 3.8) is 0 Å². The fourth-order valence-electron chi connectivity index (χ4n) is 12.8. The Labute approximate surface area is 406 Å². The first-order chi connectivity index (χ1) is 34.7. The molecule has 3 atom stereocenters. The zero-order valence-corrected chi connectivity index (χ0v) is 38.6. The van der Waals surface area contributed by atoms with Gasteiger partial charge in [-0.3, -0.25) is 0 Å². The molecule has 0 fully saturated rings. The fourth-order valence-corrected chi connectivity index (χ4v) is 12.8. The first-order valence-corrected chi connectivity index (χ1v) is 25.0. The van der Waals surface area contributed by atoms with Crippen molar-refractivity contribution in [3.8, 4) is 17.1 Å². The summed E-state index contributed by atoms with van der Waals surface area (Å²) in [5.41, 5.74) is 16.3. The van der Waals surface area contributed by atoms with E-state index in [1.54, 1.807) is 0 Å². The lowest BCUT2D eigenvalue weighted by atomic mass is 9.72. The molecule has 70 heavy (non-hydrogen) atoms. The van der Waals surface area contributed by atoms with Crippen LogP contribution in [-0.4, -0.2) is 24.1 Å². The molecule has 0 spiro atoms. The van der Waals surface area contributed by atoms with Gasteiger partial charge in [0.2, 0.25) is 0 Å². The fraction of sp³-hybridized carbons (Fsp3) is 0.123. The number of para-hydroxylation sites is 1. The number of benzene rings is 7. The number of hydrogen-bond donors (Lipinski definition) is 0. The predicted octanol–water partition coefficient (Wildman–Crippen LogP) is 15.9. The number of rotatable bonds is 5. The van der Waals surface area contributed by atoms with E-state index >= 15 is 0 Å². The largest absolute Gasteiger partial charge is 0.316 e. The Morgan fingerprint density at radius 2 is 1.27 bits per heavy atom. The van der Waals surface area contributed by atoms with Gasteiger partial charge in [-0.15, -0.1) is 0 Å². The number of nitrogens with zero attached hydrogens (tertiary/aromatic N) is 5. The summed E-state index contributed by atoms with van der Waals surface area (Å²) in [6, 6.07) is 53.3. The van der Waals surface area contributed by atoms with Crippen molar-refractivity contribution in [2.75, 3.05) is 0 Å². The Bertz CT molecular complexity index is 4110. The summed E-state index contributed by atoms with van der Waals surface area (Å²) in [7, 11) is 0. The van der Waals surface area contributed by atoms with Crippen LogP contribution in [0.3, 0.4) is 0 Å². The molecule has 0 radical (unpaired) electrons. The number of allylic oxidation sites excluding steroid dienone is 12. The zero-order valence-electron chi connectivity index (χ0n) is 38.6. The topological polar surface area (TPSA) is 48.5 Å². The van der Waals surface area contributed by atoms with Gasteiger partial charge in [-0.1, -0.05) is 170 Å². The maximum absolute atomic E-state index is 5.53. The Balaban J connectivity index is 0.945. The molecule has 15 rings (SSSR count). The summed E-state index contributed by atoms with van der Waals surface area (Å²) in [6.07, 6.45) is 28.2. The third kappa shape index (κ3) is 5.94. The highest BCUT2D eigenvalue weighted by Gasteiger charge is 2.36. The molecule has 3 unspecified atom stereocenters. The van der Waals surface area contributed by atoms with Gasteiger partial charge in [0.15, 0.2) is 17.5 Å². The molecule has 0 N–H and O–H groups in total. The SMILES string of the molecule is C1=CC2=C(c3nc(C4=Cc5ccccc5C5C=CC=CC45)nc(-c4ccccc4)n3)CCCC2C(n2c3c(c4c(-n5c6ccccc6c6cc7ccccc7cc65)c5ccccc5cc42)C=CCC3)=C1. The Hall–Kier alpha value is -8.41. The van der Waals surface area contributed by atoms with E-state index in [-0.39, 0.29) is 17.8 Å². The lowest BCUT2D eigenvalue weighted by Crippen LogP contribution is -2.22. The third-order valence-electron chi connectivity index (χ3n) is 15.8. The summed E-state index contributed by atoms with van der Waals surface area (Å²) in [4.78, 5) is 16.3. The molecule has 5 heteroatoms. The van der Waals surface area contributed by atoms with E-state index in [0.717, 1.165) is 54.9 Å². The Morgan fingerprint density at radius 1 is 0.543 bits per heavy atom. The average Bonchev–Trinajstić information content (AvgIpc) is 3.93. The van der Waals surface area contributed by atoms with Crippen molar-refractivity contribution < 1.29 is 0 Å². The maximum Gasteiger partial charge on any atom is 0.164 e. The highest BCUT2D eigenvalue weighted by molar-refractivity contribution is 6.18. The standard InChI is InChI=1S/C65H47N5/c1-2-18-40(19-3-1)63-66-64(68-65(67-63)55-37-43-22-6-8-24-45(43)47-26-10-11-27-48(47)55)52-32-16-31-50-49(52)30-17-35-56(50)69-58-34-15-13-29-53(58)61-60(69)39-44-23-7-9-25-46(44)62(61)70-57-33-14-12-28-51(57)54-36-41-20-4-5-21-42(41)38-59(54)70/h1-14,17-30,33,35-39,47-48,50H,15-16,31-32,34H2. The minimum Gasteiger partial charge on any atom is -0.316 e. The van der Waals surface area contributed by atoms with Crippen LogP contribution in [0.1, 0.15) is 65.6 Å². The summed E-state index contributed by atoms with van der Waals surface area (Å²) >= 11 is 0. The van der Waals surface area contributed by atoms with Crippen molar-refractivity contribution in [1.29, 1.82) is 0 Å². The van der Waals surface area contributed by atoms with Crippen molar-refractivity contribution in [2.45, 2.75) is 38.0 Å². The summed E-state index contributed by atoms with van der Waals surface area (Å²) in [5, 5.41) is 8.85. The minimum atomic E-state index is 0.129. The molecule has 5 aliphatic carbocycles. The molecule has 0 saturated heterocycles. The predicted molar refractivity (Wildman–Crippen MR) is 290 cm³/mol. The van der Waals surface area contributed by atoms with Crippen LogP contribution in [0.5, 0.6) is 0 Å². The van der Waals surface area contributed by atoms with Gasteiger partial charge in [-0.05, 0) is 101 Å². The van der Waals surface area contributed by atoms with Crippen molar-refractivity contribution in [1.82, 2.24) is 24.1 Å². The normalized spacial score (nSPS) is 19.2. The molecule has 0 saturated carbocycles. The van der Waals surface area contributed by atoms with Gasteiger partial charge < -0.3 is 9.13 Å². The Kier molecular flexibility index (Phi) is 8.80. The molecule has 5 aliphatic rings. The molecule has 0 amide bonds. The first kappa shape index (κ1) is 39.6. The minimum absolute atomic E-state index is 0.129. The summed E-state index contributed by atoms with van der Waals surface area (Å²) in [5.74, 6) is 2.77. The quantitative estimate of drug-likeness (QED) is 0.173. The average molecular weight is 898 g/mol. The smallest absolute Gasteiger partial charge is 0.164 e. The van der Waals surface area contributed by atoms with Crippen LogP contribution in [0.25, 0.3) is 100 Å². The second-order valence-electron chi connectivity index (χ2n) is 19.6. The molecule has 10 aromatic rings. The lowest BCUT2D eigenvalue weighted by Gasteiger charge is -2.33. The van der Waals surface area contributed by atoms with Crippen LogP contribution >= 0.6 is 0 Å². The van der Waals surface area contributed by atoms with E-state index in [9.17, 15) is 0 Å². The summed E-state index contributed by atoms with van der Waals surface area (Å²) < 4.78 is 5.25. The third-order valence-corrected chi connectivity index (χ3v) is 15.8.